The highest BCUT2D eigenvalue weighted by Crippen LogP contribution is 2.31. The van der Waals surface area contributed by atoms with Gasteiger partial charge in [0.25, 0.3) is 0 Å². The van der Waals surface area contributed by atoms with Crippen molar-refractivity contribution >= 4 is 34.0 Å². The highest BCUT2D eigenvalue weighted by atomic mass is 35.5. The summed E-state index contributed by atoms with van der Waals surface area (Å²) in [7, 11) is -2.23. The number of nitrogens with two attached hydrogens (primary N) is 1. The summed E-state index contributed by atoms with van der Waals surface area (Å²) in [5, 5.41) is 2.62. The zero-order valence-electron chi connectivity index (χ0n) is 14.9. The van der Waals surface area contributed by atoms with Crippen LogP contribution in [0.15, 0.2) is 23.1 Å². The SMILES string of the molecule is CCOc1ccc(NC(=O)C(N)COC)cc1S(=O)(=O)N1CCCC1.Cl. The lowest BCUT2D eigenvalue weighted by molar-refractivity contribution is -0.118. The average molecular weight is 408 g/mol. The molecule has 1 heterocycles. The zero-order chi connectivity index (χ0) is 18.4. The van der Waals surface area contributed by atoms with Crippen LogP contribution in [0.5, 0.6) is 5.75 Å². The van der Waals surface area contributed by atoms with Gasteiger partial charge in [-0.3, -0.25) is 4.79 Å². The van der Waals surface area contributed by atoms with Crippen molar-refractivity contribution in [3.05, 3.63) is 18.2 Å². The van der Waals surface area contributed by atoms with Gasteiger partial charge in [0.15, 0.2) is 0 Å². The predicted octanol–water partition coefficient (Wildman–Crippen LogP) is 1.20. The Labute approximate surface area is 160 Å². The average Bonchev–Trinajstić information content (AvgIpc) is 3.12. The summed E-state index contributed by atoms with van der Waals surface area (Å²) in [6.45, 7) is 3.17. The molecule has 10 heteroatoms. The number of nitrogens with zero attached hydrogens (tertiary/aromatic N) is 1. The number of carbonyl (C=O) groups is 1. The smallest absolute Gasteiger partial charge is 0.246 e. The van der Waals surface area contributed by atoms with Crippen LogP contribution in [0.1, 0.15) is 19.8 Å². The third-order valence-corrected chi connectivity index (χ3v) is 5.80. The molecule has 1 amide bonds. The molecule has 1 saturated heterocycles. The van der Waals surface area contributed by atoms with Gasteiger partial charge in [0.05, 0.1) is 13.2 Å². The van der Waals surface area contributed by atoms with Gasteiger partial charge in [-0.2, -0.15) is 4.31 Å². The number of benzene rings is 1. The molecule has 0 aliphatic carbocycles. The van der Waals surface area contributed by atoms with Gasteiger partial charge >= 0.3 is 0 Å². The molecular weight excluding hydrogens is 382 g/mol. The van der Waals surface area contributed by atoms with E-state index in [0.717, 1.165) is 12.8 Å². The highest BCUT2D eigenvalue weighted by Gasteiger charge is 2.30. The molecular formula is C16H26ClN3O5S. The number of carbonyl (C=O) groups excluding carboxylic acids is 1. The lowest BCUT2D eigenvalue weighted by atomic mass is 10.2. The molecule has 1 aliphatic rings. The Bertz CT molecular complexity index is 708. The van der Waals surface area contributed by atoms with Gasteiger partial charge in [0.1, 0.15) is 16.7 Å². The molecule has 1 aliphatic heterocycles. The molecule has 1 aromatic rings. The first-order valence-corrected chi connectivity index (χ1v) is 9.66. The second-order valence-corrected chi connectivity index (χ2v) is 7.66. The van der Waals surface area contributed by atoms with Crippen LogP contribution in [0.2, 0.25) is 0 Å². The predicted molar refractivity (Wildman–Crippen MR) is 101 cm³/mol. The highest BCUT2D eigenvalue weighted by molar-refractivity contribution is 7.89. The van der Waals surface area contributed by atoms with Crippen molar-refractivity contribution in [1.29, 1.82) is 0 Å². The van der Waals surface area contributed by atoms with Crippen LogP contribution in [0.4, 0.5) is 5.69 Å². The normalized spacial score (nSPS) is 16.0. The molecule has 148 valence electrons. The summed E-state index contributed by atoms with van der Waals surface area (Å²) in [6.07, 6.45) is 1.68. The first kappa shape index (κ1) is 22.7. The largest absolute Gasteiger partial charge is 0.492 e. The molecule has 0 spiro atoms. The monoisotopic (exact) mass is 407 g/mol. The fourth-order valence-electron chi connectivity index (χ4n) is 2.62. The van der Waals surface area contributed by atoms with E-state index in [0.29, 0.717) is 25.4 Å². The zero-order valence-corrected chi connectivity index (χ0v) is 16.6. The third kappa shape index (κ3) is 5.31. The summed E-state index contributed by atoms with van der Waals surface area (Å²) in [4.78, 5) is 12.1. The Hall–Kier alpha value is -1.39. The van der Waals surface area contributed by atoms with Gasteiger partial charge in [-0.25, -0.2) is 8.42 Å². The number of rotatable bonds is 8. The van der Waals surface area contributed by atoms with Crippen LogP contribution in [-0.2, 0) is 19.6 Å². The molecule has 1 atom stereocenters. The van der Waals surface area contributed by atoms with Crippen molar-refractivity contribution < 1.29 is 22.7 Å². The molecule has 1 aromatic carbocycles. The Morgan fingerprint density at radius 2 is 2.00 bits per heavy atom. The molecule has 2 rings (SSSR count). The second kappa shape index (κ2) is 10.1. The number of anilines is 1. The minimum absolute atomic E-state index is 0. The quantitative estimate of drug-likeness (QED) is 0.669. The van der Waals surface area contributed by atoms with Crippen molar-refractivity contribution in [3.63, 3.8) is 0 Å². The van der Waals surface area contributed by atoms with Gasteiger partial charge in [-0.15, -0.1) is 12.4 Å². The van der Waals surface area contributed by atoms with E-state index in [1.54, 1.807) is 19.1 Å². The minimum atomic E-state index is -3.68. The van der Waals surface area contributed by atoms with Crippen molar-refractivity contribution in [2.75, 3.05) is 38.7 Å². The Balaban J connectivity index is 0.00000338. The first-order valence-electron chi connectivity index (χ1n) is 8.22. The Morgan fingerprint density at radius 3 is 2.58 bits per heavy atom. The van der Waals surface area contributed by atoms with E-state index in [1.807, 2.05) is 0 Å². The lowest BCUT2D eigenvalue weighted by Crippen LogP contribution is -2.39. The van der Waals surface area contributed by atoms with Gasteiger partial charge < -0.3 is 20.5 Å². The van der Waals surface area contributed by atoms with Crippen LogP contribution < -0.4 is 15.8 Å². The van der Waals surface area contributed by atoms with Gasteiger partial charge in [-0.05, 0) is 38.0 Å². The van der Waals surface area contributed by atoms with Crippen molar-refractivity contribution in [2.24, 2.45) is 5.73 Å². The molecule has 26 heavy (non-hydrogen) atoms. The number of ether oxygens (including phenoxy) is 2. The maximum absolute atomic E-state index is 12.9. The van der Waals surface area contributed by atoms with E-state index in [4.69, 9.17) is 15.2 Å². The molecule has 0 saturated carbocycles. The van der Waals surface area contributed by atoms with Crippen LogP contribution in [0.25, 0.3) is 0 Å². The number of hydrogen-bond acceptors (Lipinski definition) is 6. The molecule has 8 nitrogen and oxygen atoms in total. The van der Waals surface area contributed by atoms with Crippen molar-refractivity contribution in [3.8, 4) is 5.75 Å². The second-order valence-electron chi connectivity index (χ2n) is 5.76. The summed E-state index contributed by atoms with van der Waals surface area (Å²) in [6, 6.07) is 3.71. The third-order valence-electron chi connectivity index (χ3n) is 3.88. The van der Waals surface area contributed by atoms with E-state index < -0.39 is 22.0 Å². The summed E-state index contributed by atoms with van der Waals surface area (Å²) >= 11 is 0. The molecule has 3 N–H and O–H groups in total. The molecule has 0 aromatic heterocycles. The number of halogens is 1. The van der Waals surface area contributed by atoms with E-state index in [2.05, 4.69) is 5.32 Å². The molecule has 1 unspecified atom stereocenters. The van der Waals surface area contributed by atoms with Crippen LogP contribution in [-0.4, -0.2) is 58.1 Å². The first-order chi connectivity index (χ1) is 11.9. The lowest BCUT2D eigenvalue weighted by Gasteiger charge is -2.19. The molecule has 0 bridgehead atoms. The van der Waals surface area contributed by atoms with Crippen molar-refractivity contribution in [1.82, 2.24) is 4.31 Å². The van der Waals surface area contributed by atoms with Crippen molar-refractivity contribution in [2.45, 2.75) is 30.7 Å². The number of sulfonamides is 1. The number of methoxy groups -OCH3 is 1. The number of nitrogens with one attached hydrogen (secondary N) is 1. The molecule has 0 radical (unpaired) electrons. The van der Waals surface area contributed by atoms with Crippen LogP contribution >= 0.6 is 12.4 Å². The fraction of sp³-hybridized carbons (Fsp3) is 0.562. The summed E-state index contributed by atoms with van der Waals surface area (Å²) < 4.78 is 37.5. The van der Waals surface area contributed by atoms with E-state index in [1.165, 1.54) is 17.5 Å². The summed E-state index contributed by atoms with van der Waals surface area (Å²) in [5.74, 6) is -0.177. The van der Waals surface area contributed by atoms with Gasteiger partial charge in [-0.1, -0.05) is 0 Å². The number of amides is 1. The van der Waals surface area contributed by atoms with Gasteiger partial charge in [0.2, 0.25) is 15.9 Å². The Morgan fingerprint density at radius 1 is 1.35 bits per heavy atom. The standard InChI is InChI=1S/C16H25N3O5S.ClH/c1-3-24-14-7-6-12(18-16(20)13(17)11-23-2)10-15(14)25(21,22)19-8-4-5-9-19;/h6-7,10,13H,3-5,8-9,11,17H2,1-2H3,(H,18,20);1H. The van der Waals surface area contributed by atoms with E-state index in [-0.39, 0.29) is 29.7 Å². The van der Waals surface area contributed by atoms with Gasteiger partial charge in [0, 0.05) is 25.9 Å². The maximum Gasteiger partial charge on any atom is 0.246 e. The van der Waals surface area contributed by atoms with E-state index in [9.17, 15) is 13.2 Å². The Kier molecular flexibility index (Phi) is 8.78. The number of hydrogen-bond donors (Lipinski definition) is 2. The van der Waals surface area contributed by atoms with Crippen LogP contribution in [0, 0.1) is 0 Å². The topological polar surface area (TPSA) is 111 Å². The molecule has 1 fully saturated rings. The van der Waals surface area contributed by atoms with E-state index >= 15 is 0 Å². The minimum Gasteiger partial charge on any atom is -0.492 e. The maximum atomic E-state index is 12.9. The summed E-state index contributed by atoms with van der Waals surface area (Å²) in [5.41, 5.74) is 6.03. The van der Waals surface area contributed by atoms with Crippen LogP contribution in [0.3, 0.4) is 0 Å². The fourth-order valence-corrected chi connectivity index (χ4v) is 4.29.